The van der Waals surface area contributed by atoms with Crippen LogP contribution in [0.15, 0.2) is 12.1 Å². The molecule has 0 aromatic heterocycles. The van der Waals surface area contributed by atoms with E-state index in [9.17, 15) is 14.0 Å². The molecule has 0 aliphatic carbocycles. The zero-order valence-corrected chi connectivity index (χ0v) is 17.1. The van der Waals surface area contributed by atoms with Crippen molar-refractivity contribution in [2.24, 2.45) is 5.73 Å². The van der Waals surface area contributed by atoms with Crippen molar-refractivity contribution >= 4 is 15.6 Å². The zero-order valence-electron chi connectivity index (χ0n) is 15.3. The summed E-state index contributed by atoms with van der Waals surface area (Å²) in [5, 5.41) is 0. The lowest BCUT2D eigenvalue weighted by atomic mass is 9.78. The van der Waals surface area contributed by atoms with Gasteiger partial charge in [0.15, 0.2) is 0 Å². The monoisotopic (exact) mass is 395 g/mol. The SMILES string of the molecule is CC(C)(C)c1cc(CN)cc(C(C)(C)C)c1OP(=O)(O)OP(=O)(O)O. The van der Waals surface area contributed by atoms with E-state index in [1.54, 1.807) is 12.1 Å². The first-order valence-corrected chi connectivity index (χ1v) is 10.7. The molecule has 0 aliphatic rings. The summed E-state index contributed by atoms with van der Waals surface area (Å²) in [5.74, 6) is 0.0662. The van der Waals surface area contributed by atoms with Gasteiger partial charge < -0.3 is 20.0 Å². The van der Waals surface area contributed by atoms with Crippen LogP contribution in [-0.4, -0.2) is 14.7 Å². The molecule has 0 saturated carbocycles. The molecule has 10 heteroatoms. The van der Waals surface area contributed by atoms with Crippen LogP contribution < -0.4 is 10.3 Å². The molecule has 144 valence electrons. The lowest BCUT2D eigenvalue weighted by molar-refractivity contribution is 0.227. The summed E-state index contributed by atoms with van der Waals surface area (Å²) < 4.78 is 32.2. The highest BCUT2D eigenvalue weighted by Crippen LogP contribution is 2.59. The molecule has 0 fully saturated rings. The Balaban J connectivity index is 3.65. The summed E-state index contributed by atoms with van der Waals surface area (Å²) in [4.78, 5) is 27.5. The standard InChI is InChI=1S/C15H27NO7P2/c1-14(2,3)11-7-10(9-16)8-12(15(4,5)6)13(11)22-25(20,21)23-24(17,18)19/h7-8H,9,16H2,1-6H3,(H,20,21)(H2,17,18,19). The number of benzene rings is 1. The molecule has 8 nitrogen and oxygen atoms in total. The fraction of sp³-hybridized carbons (Fsp3) is 0.600. The van der Waals surface area contributed by atoms with E-state index >= 15 is 0 Å². The first kappa shape index (κ1) is 22.3. The van der Waals surface area contributed by atoms with E-state index in [1.807, 2.05) is 41.5 Å². The van der Waals surface area contributed by atoms with Gasteiger partial charge in [-0.2, -0.15) is 4.31 Å². The Labute approximate surface area is 148 Å². The molecule has 1 aromatic carbocycles. The number of nitrogens with two attached hydrogens (primary N) is 1. The number of rotatable bonds is 5. The first-order chi connectivity index (χ1) is 11.0. The van der Waals surface area contributed by atoms with Crippen molar-refractivity contribution in [1.82, 2.24) is 0 Å². The van der Waals surface area contributed by atoms with Gasteiger partial charge in [0.25, 0.3) is 0 Å². The van der Waals surface area contributed by atoms with Gasteiger partial charge in [0.2, 0.25) is 0 Å². The summed E-state index contributed by atoms with van der Waals surface area (Å²) in [5.41, 5.74) is 6.78. The highest BCUT2D eigenvalue weighted by Gasteiger charge is 2.37. The molecular weight excluding hydrogens is 368 g/mol. The lowest BCUT2D eigenvalue weighted by Crippen LogP contribution is -2.20. The minimum Gasteiger partial charge on any atom is -0.403 e. The van der Waals surface area contributed by atoms with Crippen molar-refractivity contribution in [2.75, 3.05) is 0 Å². The second kappa shape index (κ2) is 7.12. The highest BCUT2D eigenvalue weighted by atomic mass is 31.3. The molecule has 1 atom stereocenters. The third-order valence-corrected chi connectivity index (χ3v) is 5.51. The van der Waals surface area contributed by atoms with E-state index in [4.69, 9.17) is 20.0 Å². The van der Waals surface area contributed by atoms with Crippen LogP contribution in [0.2, 0.25) is 0 Å². The highest BCUT2D eigenvalue weighted by molar-refractivity contribution is 7.60. The van der Waals surface area contributed by atoms with Gasteiger partial charge in [-0.15, -0.1) is 0 Å². The molecule has 0 radical (unpaired) electrons. The molecule has 1 aromatic rings. The van der Waals surface area contributed by atoms with Crippen molar-refractivity contribution in [3.8, 4) is 5.75 Å². The van der Waals surface area contributed by atoms with Gasteiger partial charge in [-0.1, -0.05) is 53.7 Å². The number of hydrogen-bond acceptors (Lipinski definition) is 5. The molecular formula is C15H27NO7P2. The average molecular weight is 395 g/mol. The molecule has 1 unspecified atom stereocenters. The summed E-state index contributed by atoms with van der Waals surface area (Å²) >= 11 is 0. The Morgan fingerprint density at radius 3 is 1.64 bits per heavy atom. The Kier molecular flexibility index (Phi) is 6.36. The van der Waals surface area contributed by atoms with Gasteiger partial charge >= 0.3 is 15.6 Å². The van der Waals surface area contributed by atoms with Crippen LogP contribution in [0.25, 0.3) is 0 Å². The fourth-order valence-corrected chi connectivity index (χ4v) is 3.92. The van der Waals surface area contributed by atoms with Crippen molar-refractivity contribution in [3.05, 3.63) is 28.8 Å². The zero-order chi connectivity index (χ0) is 19.8. The van der Waals surface area contributed by atoms with Gasteiger partial charge in [-0.05, 0) is 16.4 Å². The van der Waals surface area contributed by atoms with E-state index in [2.05, 4.69) is 4.31 Å². The van der Waals surface area contributed by atoms with Gasteiger partial charge in [0.1, 0.15) is 5.75 Å². The third-order valence-electron chi connectivity index (χ3n) is 3.42. The predicted octanol–water partition coefficient (Wildman–Crippen LogP) is 3.33. The molecule has 25 heavy (non-hydrogen) atoms. The van der Waals surface area contributed by atoms with Gasteiger partial charge in [-0.25, -0.2) is 9.13 Å². The molecule has 0 bridgehead atoms. The molecule has 1 rings (SSSR count). The smallest absolute Gasteiger partial charge is 0.403 e. The Morgan fingerprint density at radius 1 is 0.960 bits per heavy atom. The largest absolute Gasteiger partial charge is 0.536 e. The third kappa shape index (κ3) is 6.50. The van der Waals surface area contributed by atoms with Crippen LogP contribution in [-0.2, 0) is 30.8 Å². The fourth-order valence-electron chi connectivity index (χ4n) is 2.29. The molecule has 0 spiro atoms. The predicted molar refractivity (Wildman–Crippen MR) is 95.3 cm³/mol. The summed E-state index contributed by atoms with van der Waals surface area (Å²) in [6, 6.07) is 3.50. The van der Waals surface area contributed by atoms with E-state index in [-0.39, 0.29) is 12.3 Å². The number of hydrogen-bond donors (Lipinski definition) is 4. The molecule has 0 saturated heterocycles. The quantitative estimate of drug-likeness (QED) is 0.557. The Hall–Kier alpha value is -0.720. The Bertz CT molecular complexity index is 693. The van der Waals surface area contributed by atoms with E-state index in [0.29, 0.717) is 11.1 Å². The normalized spacial score (nSPS) is 15.8. The van der Waals surface area contributed by atoms with Gasteiger partial charge in [0, 0.05) is 17.7 Å². The summed E-state index contributed by atoms with van der Waals surface area (Å²) in [6.45, 7) is 11.6. The maximum absolute atomic E-state index is 12.1. The maximum Gasteiger partial charge on any atom is 0.536 e. The average Bonchev–Trinajstić information content (AvgIpc) is 2.32. The van der Waals surface area contributed by atoms with Gasteiger partial charge in [-0.3, -0.25) is 4.89 Å². The van der Waals surface area contributed by atoms with Crippen LogP contribution in [0, 0.1) is 0 Å². The van der Waals surface area contributed by atoms with Crippen molar-refractivity contribution in [3.63, 3.8) is 0 Å². The van der Waals surface area contributed by atoms with Crippen molar-refractivity contribution in [2.45, 2.75) is 58.9 Å². The van der Waals surface area contributed by atoms with E-state index < -0.39 is 26.5 Å². The molecule has 0 amide bonds. The van der Waals surface area contributed by atoms with Crippen molar-refractivity contribution < 1.29 is 32.6 Å². The minimum absolute atomic E-state index is 0.0662. The first-order valence-electron chi connectivity index (χ1n) is 7.63. The molecule has 0 heterocycles. The minimum atomic E-state index is -5.21. The summed E-state index contributed by atoms with van der Waals surface area (Å²) in [6.07, 6.45) is 0. The Morgan fingerprint density at radius 2 is 1.36 bits per heavy atom. The van der Waals surface area contributed by atoms with Crippen LogP contribution >= 0.6 is 15.6 Å². The van der Waals surface area contributed by atoms with Crippen LogP contribution in [0.1, 0.15) is 58.2 Å². The lowest BCUT2D eigenvalue weighted by Gasteiger charge is -2.31. The van der Waals surface area contributed by atoms with Crippen LogP contribution in [0.5, 0.6) is 5.75 Å². The van der Waals surface area contributed by atoms with Crippen LogP contribution in [0.4, 0.5) is 0 Å². The molecule has 5 N–H and O–H groups in total. The van der Waals surface area contributed by atoms with Crippen LogP contribution in [0.3, 0.4) is 0 Å². The second-order valence-corrected chi connectivity index (χ2v) is 10.6. The number of phosphoric acid groups is 2. The molecule has 0 aliphatic heterocycles. The van der Waals surface area contributed by atoms with Crippen molar-refractivity contribution in [1.29, 1.82) is 0 Å². The van der Waals surface area contributed by atoms with E-state index in [0.717, 1.165) is 5.56 Å². The topological polar surface area (TPSA) is 139 Å². The maximum atomic E-state index is 12.1. The van der Waals surface area contributed by atoms with Gasteiger partial charge in [0.05, 0.1) is 0 Å². The van der Waals surface area contributed by atoms with E-state index in [1.165, 1.54) is 0 Å². The summed E-state index contributed by atoms with van der Waals surface area (Å²) in [7, 11) is -10.3. The number of phosphoric ester groups is 1. The second-order valence-electron chi connectivity index (χ2n) is 7.86.